The van der Waals surface area contributed by atoms with Gasteiger partial charge in [0.05, 0.1) is 26.4 Å². The third kappa shape index (κ3) is 43.2. The maximum Gasteiger partial charge on any atom is 0.472 e. The second-order valence-electron chi connectivity index (χ2n) is 14.7. The van der Waals surface area contributed by atoms with E-state index in [1.807, 2.05) is 0 Å². The average molecular weight is 835 g/mol. The van der Waals surface area contributed by atoms with E-state index in [0.29, 0.717) is 13.0 Å². The summed E-state index contributed by atoms with van der Waals surface area (Å²) in [6.07, 6.45) is 54.1. The smallest absolute Gasteiger partial charge is 0.457 e. The van der Waals surface area contributed by atoms with E-state index in [0.717, 1.165) is 83.5 Å². The first-order valence-corrected chi connectivity index (χ1v) is 24.1. The number of hydrogen-bond donors (Lipinski definition) is 3. The van der Waals surface area contributed by atoms with E-state index >= 15 is 0 Å². The molecule has 0 heterocycles. The molecule has 9 nitrogen and oxygen atoms in total. The summed E-state index contributed by atoms with van der Waals surface area (Å²) in [5, 5.41) is 18.4. The van der Waals surface area contributed by atoms with E-state index in [1.54, 1.807) is 0 Å². The number of phosphoric ester groups is 1. The normalized spacial score (nSPS) is 14.8. The first kappa shape index (κ1) is 55.6. The number of carbonyl (C=O) groups excluding carboxylic acids is 1. The van der Waals surface area contributed by atoms with Crippen molar-refractivity contribution in [3.05, 3.63) is 85.1 Å². The van der Waals surface area contributed by atoms with Gasteiger partial charge in [-0.1, -0.05) is 163 Å². The fraction of sp³-hybridized carbons (Fsp3) is 0.688. The molecular weight excluding hydrogens is 751 g/mol. The third-order valence-corrected chi connectivity index (χ3v) is 10.0. The molecule has 3 N–H and O–H groups in total. The van der Waals surface area contributed by atoms with E-state index in [4.69, 9.17) is 23.6 Å². The second-order valence-corrected chi connectivity index (χ2v) is 16.1. The van der Waals surface area contributed by atoms with Gasteiger partial charge in [0.1, 0.15) is 12.2 Å². The lowest BCUT2D eigenvalue weighted by atomic mass is 10.1. The molecule has 3 atom stereocenters. The van der Waals surface area contributed by atoms with Crippen molar-refractivity contribution in [3.63, 3.8) is 0 Å². The maximum absolute atomic E-state index is 12.6. The number of aliphatic hydroxyl groups excluding tert-OH is 2. The van der Waals surface area contributed by atoms with Gasteiger partial charge in [0.2, 0.25) is 0 Å². The van der Waals surface area contributed by atoms with Gasteiger partial charge in [-0.15, -0.1) is 0 Å². The molecule has 0 saturated heterocycles. The Morgan fingerprint density at radius 1 is 0.534 bits per heavy atom. The molecule has 0 aliphatic heterocycles. The SMILES string of the molecule is CC/C=C\C/C=C\C/C=C\C/C=C\CCCCCCCCCCCCCOCC(COP(=O)(O)OCC(O)CO)OC(=O)CCCCC/C=C\C/C=C\C/C=C\CC. The van der Waals surface area contributed by atoms with Crippen molar-refractivity contribution in [2.24, 2.45) is 0 Å². The maximum atomic E-state index is 12.6. The van der Waals surface area contributed by atoms with E-state index in [1.165, 1.54) is 57.8 Å². The summed E-state index contributed by atoms with van der Waals surface area (Å²) in [5.41, 5.74) is 0. The minimum Gasteiger partial charge on any atom is -0.457 e. The predicted molar refractivity (Wildman–Crippen MR) is 242 cm³/mol. The summed E-state index contributed by atoms with van der Waals surface area (Å²) in [5.74, 6) is -0.416. The molecule has 0 fully saturated rings. The average Bonchev–Trinajstić information content (AvgIpc) is 3.21. The lowest BCUT2D eigenvalue weighted by Crippen LogP contribution is -2.29. The van der Waals surface area contributed by atoms with Crippen LogP contribution in [0.25, 0.3) is 0 Å². The highest BCUT2D eigenvalue weighted by atomic mass is 31.2. The Kier molecular flexibility index (Phi) is 42.4. The fourth-order valence-electron chi connectivity index (χ4n) is 5.71. The standard InChI is InChI=1S/C48H83O9P/c1-3-5-7-9-11-13-15-17-18-19-20-21-22-23-24-25-26-27-29-31-33-35-37-39-41-54-44-47(45-56-58(52,53)55-43-46(50)42-49)57-48(51)40-38-36-34-32-30-28-16-14-12-10-8-6-4-2/h5-8,11-14,17-18,20-21,28,30,46-47,49-50H,3-4,9-10,15-16,19,22-27,29,31-45H2,1-2H3,(H,52,53)/b7-5-,8-6-,13-11-,14-12-,18-17-,21-20-,30-28-. The Morgan fingerprint density at radius 3 is 1.40 bits per heavy atom. The summed E-state index contributed by atoms with van der Waals surface area (Å²) in [4.78, 5) is 22.6. The second kappa shape index (κ2) is 44.2. The Morgan fingerprint density at radius 2 is 0.931 bits per heavy atom. The van der Waals surface area contributed by atoms with Crippen LogP contribution in [-0.2, 0) is 27.9 Å². The molecule has 0 radical (unpaired) electrons. The van der Waals surface area contributed by atoms with Crippen LogP contribution in [0.3, 0.4) is 0 Å². The Bertz CT molecular complexity index is 1170. The number of phosphoric acid groups is 1. The third-order valence-electron chi connectivity index (χ3n) is 9.08. The van der Waals surface area contributed by atoms with Crippen molar-refractivity contribution >= 4 is 13.8 Å². The van der Waals surface area contributed by atoms with Crippen molar-refractivity contribution in [1.29, 1.82) is 0 Å². The van der Waals surface area contributed by atoms with E-state index < -0.39 is 45.8 Å². The minimum atomic E-state index is -4.53. The molecular formula is C48H83O9P. The quantitative estimate of drug-likeness (QED) is 0.0238. The van der Waals surface area contributed by atoms with Gasteiger partial charge in [-0.3, -0.25) is 13.8 Å². The van der Waals surface area contributed by atoms with Crippen LogP contribution in [0.1, 0.15) is 168 Å². The van der Waals surface area contributed by atoms with Gasteiger partial charge in [-0.25, -0.2) is 4.57 Å². The van der Waals surface area contributed by atoms with E-state index in [9.17, 15) is 19.4 Å². The van der Waals surface area contributed by atoms with Gasteiger partial charge in [-0.05, 0) is 83.5 Å². The molecule has 0 aromatic carbocycles. The highest BCUT2D eigenvalue weighted by Gasteiger charge is 2.26. The first-order valence-electron chi connectivity index (χ1n) is 22.6. The number of esters is 1. The fourth-order valence-corrected chi connectivity index (χ4v) is 6.50. The zero-order chi connectivity index (χ0) is 42.5. The predicted octanol–water partition coefficient (Wildman–Crippen LogP) is 12.7. The number of aliphatic hydroxyl groups is 2. The summed E-state index contributed by atoms with van der Waals surface area (Å²) >= 11 is 0. The van der Waals surface area contributed by atoms with Crippen molar-refractivity contribution in [3.8, 4) is 0 Å². The number of ether oxygens (including phenoxy) is 2. The van der Waals surface area contributed by atoms with Crippen LogP contribution in [-0.4, -0.2) is 66.3 Å². The van der Waals surface area contributed by atoms with Crippen LogP contribution in [0.15, 0.2) is 85.1 Å². The van der Waals surface area contributed by atoms with Crippen LogP contribution >= 0.6 is 7.82 Å². The Labute approximate surface area is 354 Å². The van der Waals surface area contributed by atoms with Crippen molar-refractivity contribution < 1.29 is 43.0 Å². The molecule has 0 aromatic heterocycles. The molecule has 0 aromatic rings. The number of carbonyl (C=O) groups is 1. The molecule has 3 unspecified atom stereocenters. The highest BCUT2D eigenvalue weighted by Crippen LogP contribution is 2.43. The molecule has 0 saturated carbocycles. The molecule has 0 rings (SSSR count). The molecule has 0 spiro atoms. The topological polar surface area (TPSA) is 132 Å². The number of rotatable bonds is 42. The zero-order valence-corrected chi connectivity index (χ0v) is 37.4. The number of unbranched alkanes of at least 4 members (excludes halogenated alkanes) is 14. The monoisotopic (exact) mass is 835 g/mol. The molecule has 58 heavy (non-hydrogen) atoms. The zero-order valence-electron chi connectivity index (χ0n) is 36.5. The van der Waals surface area contributed by atoms with Crippen LogP contribution < -0.4 is 0 Å². The van der Waals surface area contributed by atoms with Gasteiger partial charge in [0.15, 0.2) is 0 Å². The van der Waals surface area contributed by atoms with E-state index in [2.05, 4.69) is 98.9 Å². The molecule has 0 amide bonds. The van der Waals surface area contributed by atoms with Gasteiger partial charge >= 0.3 is 13.8 Å². The summed E-state index contributed by atoms with van der Waals surface area (Å²) in [6, 6.07) is 0. The Balaban J connectivity index is 4.12. The summed E-state index contributed by atoms with van der Waals surface area (Å²) in [7, 11) is -4.53. The first-order chi connectivity index (χ1) is 28.3. The van der Waals surface area contributed by atoms with Gasteiger partial charge in [-0.2, -0.15) is 0 Å². The minimum absolute atomic E-state index is 0.0303. The van der Waals surface area contributed by atoms with Crippen LogP contribution in [0, 0.1) is 0 Å². The van der Waals surface area contributed by atoms with Gasteiger partial charge in [0.25, 0.3) is 0 Å². The lowest BCUT2D eigenvalue weighted by molar-refractivity contribution is -0.154. The number of hydrogen-bond acceptors (Lipinski definition) is 8. The highest BCUT2D eigenvalue weighted by molar-refractivity contribution is 7.47. The van der Waals surface area contributed by atoms with E-state index in [-0.39, 0.29) is 13.0 Å². The summed E-state index contributed by atoms with van der Waals surface area (Å²) < 4.78 is 33.3. The van der Waals surface area contributed by atoms with Crippen molar-refractivity contribution in [2.45, 2.75) is 180 Å². The molecule has 0 aliphatic rings. The molecule has 334 valence electrons. The van der Waals surface area contributed by atoms with Gasteiger partial charge in [0, 0.05) is 13.0 Å². The van der Waals surface area contributed by atoms with Gasteiger partial charge < -0.3 is 24.6 Å². The largest absolute Gasteiger partial charge is 0.472 e. The molecule has 10 heteroatoms. The van der Waals surface area contributed by atoms with Crippen LogP contribution in [0.2, 0.25) is 0 Å². The van der Waals surface area contributed by atoms with Crippen LogP contribution in [0.5, 0.6) is 0 Å². The van der Waals surface area contributed by atoms with Crippen molar-refractivity contribution in [1.82, 2.24) is 0 Å². The Hall–Kier alpha value is -2.36. The molecule has 0 bridgehead atoms. The summed E-state index contributed by atoms with van der Waals surface area (Å²) in [6.45, 7) is 3.22. The molecule has 0 aliphatic carbocycles. The number of allylic oxidation sites excluding steroid dienone is 14. The lowest BCUT2D eigenvalue weighted by Gasteiger charge is -2.20. The van der Waals surface area contributed by atoms with Crippen molar-refractivity contribution in [2.75, 3.05) is 33.0 Å². The van der Waals surface area contributed by atoms with Crippen LogP contribution in [0.4, 0.5) is 0 Å².